The second-order valence-electron chi connectivity index (χ2n) is 3.32. The molecule has 0 radical (unpaired) electrons. The maximum absolute atomic E-state index is 9.60. The summed E-state index contributed by atoms with van der Waals surface area (Å²) in [5.74, 6) is 0.00728. The van der Waals surface area contributed by atoms with E-state index in [4.69, 9.17) is 0 Å². The second-order valence-corrected chi connectivity index (χ2v) is 6.13. The van der Waals surface area contributed by atoms with Crippen molar-refractivity contribution in [1.29, 1.82) is 0 Å². The lowest BCUT2D eigenvalue weighted by atomic mass is 10.1. The van der Waals surface area contributed by atoms with Gasteiger partial charge in [0.2, 0.25) is 0 Å². The van der Waals surface area contributed by atoms with E-state index in [0.29, 0.717) is 0 Å². The summed E-state index contributed by atoms with van der Waals surface area (Å²) in [7, 11) is 0. The predicted molar refractivity (Wildman–Crippen MR) is 73.1 cm³/mol. The normalized spacial score (nSPS) is 10.5. The number of hydrogen-bond acceptors (Lipinski definition) is 3. The van der Waals surface area contributed by atoms with E-state index in [1.165, 1.54) is 0 Å². The van der Waals surface area contributed by atoms with Crippen LogP contribution in [-0.2, 0) is 6.42 Å². The van der Waals surface area contributed by atoms with Crippen molar-refractivity contribution in [3.8, 4) is 11.5 Å². The maximum Gasteiger partial charge on any atom is 0.171 e. The molecular weight excluding hydrogens is 323 g/mol. The van der Waals surface area contributed by atoms with Crippen LogP contribution in [0.2, 0.25) is 0 Å². The summed E-state index contributed by atoms with van der Waals surface area (Å²) in [4.78, 5) is 0.774. The van der Waals surface area contributed by atoms with E-state index in [2.05, 4.69) is 29.5 Å². The Hall–Kier alpha value is -0.100. The van der Waals surface area contributed by atoms with E-state index in [1.54, 1.807) is 17.8 Å². The Kier molecular flexibility index (Phi) is 5.60. The van der Waals surface area contributed by atoms with Crippen molar-refractivity contribution in [2.45, 2.75) is 31.1 Å². The molecule has 4 heteroatoms. The summed E-state index contributed by atoms with van der Waals surface area (Å²) in [6.45, 7) is 2.14. The number of rotatable bonds is 5. The highest BCUT2D eigenvalue weighted by Gasteiger charge is 2.08. The molecule has 15 heavy (non-hydrogen) atoms. The highest BCUT2D eigenvalue weighted by Crippen LogP contribution is 2.38. The molecule has 1 aromatic carbocycles. The molecule has 84 valence electrons. The number of phenols is 2. The molecule has 0 aromatic heterocycles. The van der Waals surface area contributed by atoms with Crippen molar-refractivity contribution in [1.82, 2.24) is 0 Å². The Morgan fingerprint density at radius 1 is 1.33 bits per heavy atom. The van der Waals surface area contributed by atoms with Crippen molar-refractivity contribution in [3.05, 3.63) is 17.7 Å². The van der Waals surface area contributed by atoms with Crippen LogP contribution >= 0.6 is 34.4 Å². The smallest absolute Gasteiger partial charge is 0.171 e. The van der Waals surface area contributed by atoms with Gasteiger partial charge in [0.15, 0.2) is 11.5 Å². The summed E-state index contributed by atoms with van der Waals surface area (Å²) in [6, 6.07) is 3.62. The molecule has 0 unspecified atom stereocenters. The number of hydrogen-bond donors (Lipinski definition) is 2. The third-order valence-electron chi connectivity index (χ3n) is 2.14. The first kappa shape index (κ1) is 13.0. The van der Waals surface area contributed by atoms with Gasteiger partial charge in [-0.2, -0.15) is 0 Å². The molecule has 2 nitrogen and oxygen atoms in total. The van der Waals surface area contributed by atoms with Crippen molar-refractivity contribution in [2.75, 3.05) is 3.76 Å². The first-order valence-electron chi connectivity index (χ1n) is 4.92. The minimum atomic E-state index is -0.00375. The van der Waals surface area contributed by atoms with Gasteiger partial charge in [-0.25, -0.2) is 0 Å². The van der Waals surface area contributed by atoms with Gasteiger partial charge in [0.1, 0.15) is 0 Å². The fourth-order valence-corrected chi connectivity index (χ4v) is 2.94. The molecule has 0 aliphatic heterocycles. The van der Waals surface area contributed by atoms with Crippen LogP contribution in [0, 0.1) is 0 Å². The van der Waals surface area contributed by atoms with Crippen LogP contribution in [0.15, 0.2) is 17.0 Å². The van der Waals surface area contributed by atoms with Gasteiger partial charge in [0, 0.05) is 0 Å². The molecule has 0 fully saturated rings. The van der Waals surface area contributed by atoms with Gasteiger partial charge in [-0.15, -0.1) is 11.8 Å². The number of thioether (sulfide) groups is 1. The Morgan fingerprint density at radius 3 is 2.67 bits per heavy atom. The molecule has 0 aliphatic carbocycles. The number of alkyl halides is 1. The fraction of sp³-hybridized carbons (Fsp3) is 0.455. The fourth-order valence-electron chi connectivity index (χ4n) is 1.34. The molecule has 0 spiro atoms. The van der Waals surface area contributed by atoms with E-state index >= 15 is 0 Å². The number of aryl methyl sites for hydroxylation is 1. The number of unbranched alkanes of at least 4 members (excludes halogenated alkanes) is 1. The SMILES string of the molecule is CCCCc1cc(O)c(O)c(SCI)c1. The topological polar surface area (TPSA) is 40.5 Å². The average Bonchev–Trinajstić information content (AvgIpc) is 2.22. The summed E-state index contributed by atoms with van der Waals surface area (Å²) in [6.07, 6.45) is 3.20. The molecule has 2 N–H and O–H groups in total. The quantitative estimate of drug-likeness (QED) is 0.370. The minimum absolute atomic E-state index is 0.00375. The third kappa shape index (κ3) is 3.75. The Morgan fingerprint density at radius 2 is 2.07 bits per heavy atom. The number of phenolic OH excluding ortho intramolecular Hbond substituents is 2. The van der Waals surface area contributed by atoms with E-state index < -0.39 is 0 Å². The van der Waals surface area contributed by atoms with Crippen LogP contribution < -0.4 is 0 Å². The third-order valence-corrected chi connectivity index (χ3v) is 3.81. The van der Waals surface area contributed by atoms with Crippen molar-refractivity contribution >= 4 is 34.4 Å². The van der Waals surface area contributed by atoms with E-state index in [0.717, 1.165) is 33.5 Å². The predicted octanol–water partition coefficient (Wildman–Crippen LogP) is 3.93. The monoisotopic (exact) mass is 338 g/mol. The van der Waals surface area contributed by atoms with Crippen LogP contribution in [-0.4, -0.2) is 14.0 Å². The average molecular weight is 338 g/mol. The highest BCUT2D eigenvalue weighted by atomic mass is 127. The van der Waals surface area contributed by atoms with Crippen molar-refractivity contribution < 1.29 is 10.2 Å². The molecule has 0 saturated heterocycles. The summed E-state index contributed by atoms with van der Waals surface area (Å²) in [5, 5.41) is 19.1. The van der Waals surface area contributed by atoms with Crippen molar-refractivity contribution in [2.24, 2.45) is 0 Å². The van der Waals surface area contributed by atoms with Crippen LogP contribution in [0.25, 0.3) is 0 Å². The van der Waals surface area contributed by atoms with Gasteiger partial charge in [0.25, 0.3) is 0 Å². The Bertz CT molecular complexity index is 329. The maximum atomic E-state index is 9.60. The Balaban J connectivity index is 2.90. The first-order valence-corrected chi connectivity index (χ1v) is 7.43. The van der Waals surface area contributed by atoms with Gasteiger partial charge in [-0.1, -0.05) is 35.9 Å². The molecule has 0 saturated carbocycles. The molecule has 0 aliphatic rings. The second kappa shape index (κ2) is 6.48. The largest absolute Gasteiger partial charge is 0.504 e. The molecule has 1 aromatic rings. The van der Waals surface area contributed by atoms with Crippen LogP contribution in [0.5, 0.6) is 11.5 Å². The van der Waals surface area contributed by atoms with E-state index in [1.807, 2.05) is 6.07 Å². The first-order chi connectivity index (χ1) is 7.19. The number of halogens is 1. The number of aromatic hydroxyl groups is 2. The number of benzene rings is 1. The highest BCUT2D eigenvalue weighted by molar-refractivity contribution is 14.1. The molecule has 0 bridgehead atoms. The van der Waals surface area contributed by atoms with E-state index in [9.17, 15) is 10.2 Å². The van der Waals surface area contributed by atoms with Gasteiger partial charge in [0.05, 0.1) is 8.66 Å². The van der Waals surface area contributed by atoms with Gasteiger partial charge in [-0.3, -0.25) is 0 Å². The lowest BCUT2D eigenvalue weighted by Crippen LogP contribution is -1.86. The summed E-state index contributed by atoms with van der Waals surface area (Å²) < 4.78 is 0.863. The molecule has 0 atom stereocenters. The zero-order valence-electron chi connectivity index (χ0n) is 8.66. The van der Waals surface area contributed by atoms with E-state index in [-0.39, 0.29) is 11.5 Å². The van der Waals surface area contributed by atoms with Crippen LogP contribution in [0.3, 0.4) is 0 Å². The van der Waals surface area contributed by atoms with Gasteiger partial charge >= 0.3 is 0 Å². The minimum Gasteiger partial charge on any atom is -0.504 e. The molecule has 1 rings (SSSR count). The summed E-state index contributed by atoms with van der Waals surface area (Å²) >= 11 is 3.77. The zero-order valence-corrected chi connectivity index (χ0v) is 11.6. The standard InChI is InChI=1S/C11H15IO2S/c1-2-3-4-8-5-9(13)11(14)10(6-8)15-7-12/h5-6,13-14H,2-4,7H2,1H3. The zero-order chi connectivity index (χ0) is 11.3. The van der Waals surface area contributed by atoms with Gasteiger partial charge < -0.3 is 10.2 Å². The lowest BCUT2D eigenvalue weighted by molar-refractivity contribution is 0.394. The lowest BCUT2D eigenvalue weighted by Gasteiger charge is -2.08. The van der Waals surface area contributed by atoms with Crippen LogP contribution in [0.1, 0.15) is 25.3 Å². The van der Waals surface area contributed by atoms with Crippen molar-refractivity contribution in [3.63, 3.8) is 0 Å². The molecule has 0 heterocycles. The van der Waals surface area contributed by atoms with Crippen LogP contribution in [0.4, 0.5) is 0 Å². The van der Waals surface area contributed by atoms with Gasteiger partial charge in [-0.05, 0) is 30.5 Å². The molecular formula is C11H15IO2S. The Labute approximate surface area is 108 Å². The molecule has 0 amide bonds. The summed E-state index contributed by atoms with van der Waals surface area (Å²) in [5.41, 5.74) is 1.10.